The number of carboxylic acids is 1. The van der Waals surface area contributed by atoms with Crippen LogP contribution in [-0.2, 0) is 26.9 Å². The van der Waals surface area contributed by atoms with Crippen molar-refractivity contribution in [3.8, 4) is 0 Å². The maximum Gasteiger partial charge on any atom is 0.416 e. The largest absolute Gasteiger partial charge is 0.478 e. The molecule has 0 saturated heterocycles. The van der Waals surface area contributed by atoms with Gasteiger partial charge in [-0.05, 0) is 54.8 Å². The lowest BCUT2D eigenvalue weighted by Crippen LogP contribution is -2.16. The SMILES string of the molecule is CCOC(=O)/C(=C/c1ccc(C(=O)O)cc1)C(=O)CCc1ccc(C(F)(F)F)cc1. The molecule has 0 aliphatic heterocycles. The predicted molar refractivity (Wildman–Crippen MR) is 103 cm³/mol. The molecule has 2 aromatic rings. The third-order valence-corrected chi connectivity index (χ3v) is 4.19. The van der Waals surface area contributed by atoms with E-state index in [1.54, 1.807) is 6.92 Å². The van der Waals surface area contributed by atoms with E-state index in [0.29, 0.717) is 11.1 Å². The number of aryl methyl sites for hydroxylation is 1. The first-order valence-corrected chi connectivity index (χ1v) is 9.03. The van der Waals surface area contributed by atoms with Gasteiger partial charge in [-0.3, -0.25) is 4.79 Å². The minimum atomic E-state index is -4.44. The van der Waals surface area contributed by atoms with Crippen LogP contribution in [0.4, 0.5) is 13.2 Å². The van der Waals surface area contributed by atoms with Gasteiger partial charge in [-0.1, -0.05) is 24.3 Å². The summed E-state index contributed by atoms with van der Waals surface area (Å²) in [5.41, 5.74) is 0.0103. The third kappa shape index (κ3) is 6.30. The molecule has 0 aliphatic rings. The molecule has 0 aliphatic carbocycles. The first-order chi connectivity index (χ1) is 14.1. The highest BCUT2D eigenvalue weighted by atomic mass is 19.4. The van der Waals surface area contributed by atoms with E-state index >= 15 is 0 Å². The molecular weight excluding hydrogens is 401 g/mol. The van der Waals surface area contributed by atoms with Crippen LogP contribution in [0.1, 0.15) is 40.4 Å². The molecule has 0 atom stereocenters. The lowest BCUT2D eigenvalue weighted by atomic mass is 9.99. The summed E-state index contributed by atoms with van der Waals surface area (Å²) in [5, 5.41) is 8.94. The highest BCUT2D eigenvalue weighted by Gasteiger charge is 2.30. The van der Waals surface area contributed by atoms with Gasteiger partial charge in [0.15, 0.2) is 5.78 Å². The average Bonchev–Trinajstić information content (AvgIpc) is 2.70. The number of aromatic carboxylic acids is 1. The Labute approximate surface area is 170 Å². The lowest BCUT2D eigenvalue weighted by Gasteiger charge is -2.09. The van der Waals surface area contributed by atoms with Gasteiger partial charge in [-0.2, -0.15) is 13.2 Å². The van der Waals surface area contributed by atoms with E-state index in [4.69, 9.17) is 9.84 Å². The number of carbonyl (C=O) groups is 3. The van der Waals surface area contributed by atoms with Crippen molar-refractivity contribution < 1.29 is 37.4 Å². The second-order valence-electron chi connectivity index (χ2n) is 6.32. The highest BCUT2D eigenvalue weighted by Crippen LogP contribution is 2.29. The van der Waals surface area contributed by atoms with Gasteiger partial charge >= 0.3 is 18.1 Å². The fourth-order valence-electron chi connectivity index (χ4n) is 2.60. The number of Topliss-reactive ketones (excluding diaryl/α,β-unsaturated/α-hetero) is 1. The number of ketones is 1. The molecule has 2 rings (SSSR count). The number of hydrogen-bond acceptors (Lipinski definition) is 4. The van der Waals surface area contributed by atoms with Crippen molar-refractivity contribution in [2.45, 2.75) is 25.9 Å². The number of carboxylic acid groups (broad SMARTS) is 1. The van der Waals surface area contributed by atoms with E-state index in [2.05, 4.69) is 0 Å². The van der Waals surface area contributed by atoms with Gasteiger partial charge in [-0.25, -0.2) is 9.59 Å². The van der Waals surface area contributed by atoms with Crippen LogP contribution in [0, 0.1) is 0 Å². The number of hydrogen-bond donors (Lipinski definition) is 1. The maximum absolute atomic E-state index is 12.6. The van der Waals surface area contributed by atoms with Crippen molar-refractivity contribution in [1.29, 1.82) is 0 Å². The molecule has 0 spiro atoms. The number of ether oxygens (including phenoxy) is 1. The first-order valence-electron chi connectivity index (χ1n) is 9.03. The van der Waals surface area contributed by atoms with Gasteiger partial charge in [0.05, 0.1) is 17.7 Å². The summed E-state index contributed by atoms with van der Waals surface area (Å²) in [7, 11) is 0. The molecule has 0 aromatic heterocycles. The van der Waals surface area contributed by atoms with Crippen molar-refractivity contribution in [2.75, 3.05) is 6.61 Å². The minimum Gasteiger partial charge on any atom is -0.478 e. The van der Waals surface area contributed by atoms with E-state index in [-0.39, 0.29) is 30.6 Å². The quantitative estimate of drug-likeness (QED) is 0.293. The Morgan fingerprint density at radius 1 is 1.00 bits per heavy atom. The summed E-state index contributed by atoms with van der Waals surface area (Å²) in [6.07, 6.45) is -3.10. The molecule has 0 heterocycles. The molecule has 0 amide bonds. The number of esters is 1. The zero-order valence-corrected chi connectivity index (χ0v) is 16.0. The van der Waals surface area contributed by atoms with E-state index in [1.165, 1.54) is 42.5 Å². The maximum atomic E-state index is 12.6. The van der Waals surface area contributed by atoms with Crippen molar-refractivity contribution in [3.05, 3.63) is 76.4 Å². The fraction of sp³-hybridized carbons (Fsp3) is 0.227. The van der Waals surface area contributed by atoms with Gasteiger partial charge < -0.3 is 9.84 Å². The lowest BCUT2D eigenvalue weighted by molar-refractivity contribution is -0.140. The normalized spacial score (nSPS) is 11.8. The van der Waals surface area contributed by atoms with E-state index in [1.807, 2.05) is 0 Å². The van der Waals surface area contributed by atoms with Gasteiger partial charge in [-0.15, -0.1) is 0 Å². The minimum absolute atomic E-state index is 0.0541. The molecule has 30 heavy (non-hydrogen) atoms. The molecule has 0 radical (unpaired) electrons. The molecule has 0 fully saturated rings. The Bertz CT molecular complexity index is 942. The Hall–Kier alpha value is -3.42. The summed E-state index contributed by atoms with van der Waals surface area (Å²) in [4.78, 5) is 35.7. The van der Waals surface area contributed by atoms with Crippen LogP contribution < -0.4 is 0 Å². The standard InChI is InChI=1S/C22H19F3O5/c1-2-30-21(29)18(13-15-3-8-16(9-4-15)20(27)28)19(26)12-7-14-5-10-17(11-6-14)22(23,24)25/h3-6,8-11,13H,2,7,12H2,1H3,(H,27,28)/b18-13+. The molecule has 5 nitrogen and oxygen atoms in total. The zero-order chi connectivity index (χ0) is 22.3. The summed E-state index contributed by atoms with van der Waals surface area (Å²) >= 11 is 0. The highest BCUT2D eigenvalue weighted by molar-refractivity contribution is 6.20. The number of alkyl halides is 3. The fourth-order valence-corrected chi connectivity index (χ4v) is 2.60. The van der Waals surface area contributed by atoms with Crippen molar-refractivity contribution >= 4 is 23.8 Å². The van der Waals surface area contributed by atoms with E-state index < -0.39 is 29.5 Å². The van der Waals surface area contributed by atoms with Crippen LogP contribution >= 0.6 is 0 Å². The predicted octanol–water partition coefficient (Wildman–Crippen LogP) is 4.55. The van der Waals surface area contributed by atoms with E-state index in [0.717, 1.165) is 12.1 Å². The topological polar surface area (TPSA) is 80.7 Å². The summed E-state index contributed by atoms with van der Waals surface area (Å²) < 4.78 is 42.8. The second-order valence-corrected chi connectivity index (χ2v) is 6.32. The van der Waals surface area contributed by atoms with Crippen molar-refractivity contribution in [2.24, 2.45) is 0 Å². The van der Waals surface area contributed by atoms with Gasteiger partial charge in [0, 0.05) is 6.42 Å². The monoisotopic (exact) mass is 420 g/mol. The molecule has 8 heteroatoms. The van der Waals surface area contributed by atoms with Crippen LogP contribution in [0.15, 0.2) is 54.1 Å². The Balaban J connectivity index is 2.17. The first kappa shape index (κ1) is 22.9. The third-order valence-electron chi connectivity index (χ3n) is 4.19. The Morgan fingerprint density at radius 2 is 1.60 bits per heavy atom. The molecular formula is C22H19F3O5. The molecule has 0 saturated carbocycles. The van der Waals surface area contributed by atoms with Crippen LogP contribution in [0.3, 0.4) is 0 Å². The Morgan fingerprint density at radius 3 is 2.10 bits per heavy atom. The second kappa shape index (κ2) is 9.87. The molecule has 0 bridgehead atoms. The van der Waals surface area contributed by atoms with E-state index in [9.17, 15) is 27.6 Å². The van der Waals surface area contributed by atoms with Crippen LogP contribution in [0.2, 0.25) is 0 Å². The van der Waals surface area contributed by atoms with Crippen molar-refractivity contribution in [1.82, 2.24) is 0 Å². The zero-order valence-electron chi connectivity index (χ0n) is 16.0. The summed E-state index contributed by atoms with van der Waals surface area (Å²) in [6.45, 7) is 1.64. The average molecular weight is 420 g/mol. The molecule has 2 aromatic carbocycles. The number of halogens is 3. The number of benzene rings is 2. The smallest absolute Gasteiger partial charge is 0.416 e. The summed E-state index contributed by atoms with van der Waals surface area (Å²) in [6, 6.07) is 10.0. The van der Waals surface area contributed by atoms with Gasteiger partial charge in [0.25, 0.3) is 0 Å². The van der Waals surface area contributed by atoms with Crippen LogP contribution in [0.25, 0.3) is 6.08 Å². The van der Waals surface area contributed by atoms with Gasteiger partial charge in [0.1, 0.15) is 5.57 Å². The summed E-state index contributed by atoms with van der Waals surface area (Å²) in [5.74, 6) is -2.46. The molecule has 1 N–H and O–H groups in total. The Kier molecular flexibility index (Phi) is 7.52. The number of rotatable bonds is 8. The number of carbonyl (C=O) groups excluding carboxylic acids is 2. The molecule has 0 unspecified atom stereocenters. The van der Waals surface area contributed by atoms with Gasteiger partial charge in [0.2, 0.25) is 0 Å². The van der Waals surface area contributed by atoms with Crippen molar-refractivity contribution in [3.63, 3.8) is 0 Å². The van der Waals surface area contributed by atoms with Crippen LogP contribution in [0.5, 0.6) is 0 Å². The van der Waals surface area contributed by atoms with Crippen LogP contribution in [-0.4, -0.2) is 29.4 Å². The molecule has 158 valence electrons.